The maximum Gasteiger partial charge on any atom is 0.333 e. The predicted octanol–water partition coefficient (Wildman–Crippen LogP) is 29.1. The van der Waals surface area contributed by atoms with E-state index in [2.05, 4.69) is 105 Å². The molecule has 1 heterocycles. The Morgan fingerprint density at radius 1 is 0.279 bits per heavy atom. The van der Waals surface area contributed by atoms with Crippen molar-refractivity contribution >= 4 is 64.4 Å². The van der Waals surface area contributed by atoms with Crippen LogP contribution >= 0.6 is 0 Å². The Morgan fingerprint density at radius 2 is 0.475 bits per heavy atom. The Labute approximate surface area is 752 Å². The van der Waals surface area contributed by atoms with Crippen LogP contribution in [-0.4, -0.2) is 130 Å². The van der Waals surface area contributed by atoms with Crippen molar-refractivity contribution in [2.24, 2.45) is 0 Å². The number of rotatable bonds is 71. The summed E-state index contributed by atoms with van der Waals surface area (Å²) in [5, 5.41) is 0. The predicted molar refractivity (Wildman–Crippen MR) is 518 cm³/mol. The Balaban J connectivity index is -0.000000254. The molecule has 1 unspecified atom stereocenters. The Morgan fingerprint density at radius 3 is 0.639 bits per heavy atom. The summed E-state index contributed by atoms with van der Waals surface area (Å²) in [6.45, 7) is 62.8. The van der Waals surface area contributed by atoms with Crippen molar-refractivity contribution in [3.8, 4) is 0 Å². The third kappa shape index (κ3) is 123. The van der Waals surface area contributed by atoms with Crippen molar-refractivity contribution in [1.29, 1.82) is 0 Å². The number of hydrogen-bond donors (Lipinski definition) is 0. The largest absolute Gasteiger partial charge is 0.517 e. The molecule has 0 spiro atoms. The number of unbranched alkanes of at least 4 members (excludes halogenated alkanes) is 48. The second kappa shape index (κ2) is 98.8. The van der Waals surface area contributed by atoms with Crippen LogP contribution in [0.25, 0.3) is 0 Å². The lowest BCUT2D eigenvalue weighted by atomic mass is 10.0. The van der Waals surface area contributed by atoms with E-state index < -0.39 is 16.6 Å². The molecule has 0 bridgehead atoms. The van der Waals surface area contributed by atoms with Gasteiger partial charge in [-0.1, -0.05) is 389 Å². The lowest BCUT2D eigenvalue weighted by molar-refractivity contribution is -0.140. The van der Waals surface area contributed by atoms with Gasteiger partial charge in [-0.15, -0.1) is 0 Å². The van der Waals surface area contributed by atoms with Crippen molar-refractivity contribution in [3.05, 3.63) is 98.2 Å². The molecule has 0 aromatic heterocycles. The quantitative estimate of drug-likeness (QED) is 0.0137. The molecule has 1 atom stereocenters. The molecule has 18 nitrogen and oxygen atoms in total. The molecule has 0 radical (unpaired) electrons. The number of methoxy groups -OCH3 is 1. The number of hydrogen-bond acceptors (Lipinski definition) is 18. The van der Waals surface area contributed by atoms with Crippen LogP contribution in [0.1, 0.15) is 403 Å². The summed E-state index contributed by atoms with van der Waals surface area (Å²) < 4.78 is 49.3. The third-order valence-electron chi connectivity index (χ3n) is 18.6. The van der Waals surface area contributed by atoms with E-state index in [9.17, 15) is 38.4 Å². The zero-order valence-electron chi connectivity index (χ0n) is 82.2. The van der Waals surface area contributed by atoms with Crippen molar-refractivity contribution in [1.82, 2.24) is 0 Å². The summed E-state index contributed by atoms with van der Waals surface area (Å²) in [6.07, 6.45) is 72.0. The first-order chi connectivity index (χ1) is 58.0. The first-order valence-corrected chi connectivity index (χ1v) is 54.6. The van der Waals surface area contributed by atoms with Crippen LogP contribution in [-0.2, 0) is 85.1 Å². The molecule has 0 aromatic rings. The van der Waals surface area contributed by atoms with Crippen LogP contribution in [0.2, 0.25) is 39.3 Å². The Bertz CT molecular complexity index is 2610. The molecule has 1 saturated heterocycles. The van der Waals surface area contributed by atoms with Gasteiger partial charge in [-0.3, -0.25) is 0 Å². The van der Waals surface area contributed by atoms with E-state index in [1.165, 1.54) is 327 Å². The van der Waals surface area contributed by atoms with E-state index in [1.807, 2.05) is 19.6 Å². The topological polar surface area (TPSA) is 232 Å². The van der Waals surface area contributed by atoms with Gasteiger partial charge in [0.1, 0.15) is 19.3 Å². The summed E-state index contributed by atoms with van der Waals surface area (Å²) in [5.41, 5.74) is 2.74. The second-order valence-electron chi connectivity index (χ2n) is 34.3. The van der Waals surface area contributed by atoms with Crippen LogP contribution in [0, 0.1) is 0 Å². The highest BCUT2D eigenvalue weighted by Crippen LogP contribution is 2.19. The van der Waals surface area contributed by atoms with Crippen molar-refractivity contribution in [2.45, 2.75) is 449 Å². The fourth-order valence-corrected chi connectivity index (χ4v) is 12.5. The fraction of sp³-hybridized carbons (Fsp3) is 0.765. The average molecular weight is 1760 g/mol. The molecule has 122 heavy (non-hydrogen) atoms. The monoisotopic (exact) mass is 1760 g/mol. The van der Waals surface area contributed by atoms with Gasteiger partial charge in [-0.2, -0.15) is 0 Å². The highest BCUT2D eigenvalue weighted by atomic mass is 28.4. The third-order valence-corrected chi connectivity index (χ3v) is 20.5. The molecule has 1 aliphatic heterocycles. The van der Waals surface area contributed by atoms with Gasteiger partial charge in [0.2, 0.25) is 8.32 Å². The van der Waals surface area contributed by atoms with Crippen LogP contribution < -0.4 is 0 Å². The minimum Gasteiger partial charge on any atom is -0.517 e. The minimum absolute atomic E-state index is 0.142. The van der Waals surface area contributed by atoms with Gasteiger partial charge in [0, 0.05) is 45.6 Å². The molecule has 0 aromatic carbocycles. The number of ether oxygens (including phenoxy) is 8. The summed E-state index contributed by atoms with van der Waals surface area (Å²) in [5.74, 6) is -2.41. The van der Waals surface area contributed by atoms with Crippen LogP contribution in [0.15, 0.2) is 98.2 Å². The van der Waals surface area contributed by atoms with E-state index in [0.29, 0.717) is 86.3 Å². The van der Waals surface area contributed by atoms with E-state index in [4.69, 9.17) is 42.0 Å². The van der Waals surface area contributed by atoms with Crippen molar-refractivity contribution in [3.63, 3.8) is 0 Å². The fourth-order valence-electron chi connectivity index (χ4n) is 11.1. The summed E-state index contributed by atoms with van der Waals surface area (Å²) in [4.78, 5) is 86.5. The average Bonchev–Trinajstić information content (AvgIpc) is 1.73. The molecular formula is C102H190O18Si2. The molecule has 1 fully saturated rings. The van der Waals surface area contributed by atoms with Crippen molar-refractivity contribution in [2.75, 3.05) is 60.0 Å². The molecule has 20 heteroatoms. The number of carbonyl (C=O) groups is 8. The molecule has 0 saturated carbocycles. The van der Waals surface area contributed by atoms with Crippen molar-refractivity contribution < 1.29 is 85.1 Å². The number of epoxide rings is 1. The van der Waals surface area contributed by atoms with Gasteiger partial charge in [0.25, 0.3) is 0 Å². The van der Waals surface area contributed by atoms with Crippen LogP contribution in [0.5, 0.6) is 0 Å². The lowest BCUT2D eigenvalue weighted by Crippen LogP contribution is -2.29. The van der Waals surface area contributed by atoms with Gasteiger partial charge in [0.05, 0.1) is 46.8 Å². The minimum atomic E-state index is -1.69. The smallest absolute Gasteiger partial charge is 0.333 e. The Kier molecular flexibility index (Phi) is 105. The van der Waals surface area contributed by atoms with Gasteiger partial charge >= 0.3 is 47.8 Å². The molecule has 1 aliphatic rings. The molecule has 0 N–H and O–H groups in total. The van der Waals surface area contributed by atoms with E-state index in [-0.39, 0.29) is 53.9 Å². The molecule has 0 aliphatic carbocycles. The molecule has 1 rings (SSSR count). The maximum atomic E-state index is 11.2. The van der Waals surface area contributed by atoms with Crippen LogP contribution in [0.3, 0.4) is 0 Å². The first kappa shape index (κ1) is 129. The summed E-state index contributed by atoms with van der Waals surface area (Å²) in [6, 6.07) is 0. The van der Waals surface area contributed by atoms with Gasteiger partial charge in [-0.25, -0.2) is 38.4 Å². The van der Waals surface area contributed by atoms with Gasteiger partial charge in [0.15, 0.2) is 8.32 Å². The summed E-state index contributed by atoms with van der Waals surface area (Å²) in [7, 11) is -1.83. The zero-order chi connectivity index (χ0) is 93.6. The highest BCUT2D eigenvalue weighted by molar-refractivity contribution is 6.71. The molecular weight excluding hydrogens is 1570 g/mol. The standard InChI is InChI=1S/C22H42O2.C21H40O2.C16H30O2.C15H28O2.C9H18O3Si.C7H10O3.C7H14O2Si.C5H8O2/c1-4-5-6-7-8-9-10-11-12-13-14-15-16-17-18-19-20-24-22(23)21(2)3;1-3-5-6-7-8-9-10-11-12-13-14-15-16-17-18-19-20-23-21(22)4-2;1-4-5-6-7-8-9-10-11-12-13-14-18-16(17)15(2)3;1-3-5-6-7-8-9-10-11-12-13-14-17-15(16)4-2;1-8(2)9(10)11-6-7-12-13(3,4)5;1-5(2)7(8)10-4-6-3-9-6;1-6(2)7(8)9-10(3,4)5;1-4(2)5(6)7-3/h2,4-20H2,1,3H3;4H,2-3,5-20H2,1H3;2,4-14H2,1,3H3;4H,2-3,5-14H2,1H3;1,6-7H2,2-5H3;6H,1,3-4H2,2H3;1H2,2-5H3;1H2,2-3H3. The highest BCUT2D eigenvalue weighted by Gasteiger charge is 2.24. The second-order valence-corrected chi connectivity index (χ2v) is 43.3. The lowest BCUT2D eigenvalue weighted by Gasteiger charge is -2.16. The zero-order valence-corrected chi connectivity index (χ0v) is 84.2. The van der Waals surface area contributed by atoms with E-state index >= 15 is 0 Å². The maximum absolute atomic E-state index is 11.2. The van der Waals surface area contributed by atoms with Gasteiger partial charge in [-0.05, 0) is 107 Å². The van der Waals surface area contributed by atoms with E-state index in [0.717, 1.165) is 25.7 Å². The summed E-state index contributed by atoms with van der Waals surface area (Å²) >= 11 is 0. The number of carbonyl (C=O) groups excluding carboxylic acids is 8. The molecule has 0 amide bonds. The molecule has 714 valence electrons. The first-order valence-electron chi connectivity index (χ1n) is 47.8. The van der Waals surface area contributed by atoms with Crippen LogP contribution in [0.4, 0.5) is 0 Å². The van der Waals surface area contributed by atoms with E-state index in [1.54, 1.807) is 41.5 Å². The Hall–Kier alpha value is -5.97. The SMILES string of the molecule is C=C(C)C(=O)OC.C=C(C)C(=O)OCC1CO1.C=C(C)C(=O)OCCCCCCCCCCCC.C=C(C)C(=O)OCCCCCCCCCCCCCCCCCC.C=C(C)C(=O)OCCO[Si](C)(C)C.C=C(C)C(=O)O[Si](C)(C)C.C=CC(=O)OCCCCCCCCCCCC.C=CC(=O)OCCCCCCCCCCCCCCCCCC. The van der Waals surface area contributed by atoms with Gasteiger partial charge < -0.3 is 46.7 Å². The normalized spacial score (nSPS) is 11.4. The number of esters is 7.